The van der Waals surface area contributed by atoms with E-state index in [0.29, 0.717) is 0 Å². The van der Waals surface area contributed by atoms with E-state index in [-0.39, 0.29) is 17.4 Å². The predicted molar refractivity (Wildman–Crippen MR) is 62.5 cm³/mol. The van der Waals surface area contributed by atoms with Crippen LogP contribution in [-0.2, 0) is 15.7 Å². The third kappa shape index (κ3) is 2.84. The molecule has 1 heterocycles. The van der Waals surface area contributed by atoms with Crippen molar-refractivity contribution in [1.82, 2.24) is 9.78 Å². The molecule has 0 aliphatic rings. The second-order valence-electron chi connectivity index (χ2n) is 5.80. The number of carboxylic acids is 1. The molecule has 0 aliphatic carbocycles. The van der Waals surface area contributed by atoms with Crippen molar-refractivity contribution < 1.29 is 9.90 Å². The average Bonchev–Trinajstić information content (AvgIpc) is 2.47. The molecule has 0 amide bonds. The van der Waals surface area contributed by atoms with Crippen LogP contribution in [0.25, 0.3) is 0 Å². The molecule has 0 spiro atoms. The van der Waals surface area contributed by atoms with Gasteiger partial charge in [-0.3, -0.25) is 9.48 Å². The Kier molecular flexibility index (Phi) is 3.13. The zero-order valence-corrected chi connectivity index (χ0v) is 10.6. The number of hydrogen-bond acceptors (Lipinski definition) is 2. The molecule has 4 nitrogen and oxygen atoms in total. The topological polar surface area (TPSA) is 55.1 Å². The Morgan fingerprint density at radius 2 is 1.94 bits per heavy atom. The molecular weight excluding hydrogens is 204 g/mol. The van der Waals surface area contributed by atoms with Gasteiger partial charge in [-0.05, 0) is 26.3 Å². The first kappa shape index (κ1) is 12.7. The molecule has 1 aromatic rings. The van der Waals surface area contributed by atoms with Gasteiger partial charge in [-0.1, -0.05) is 13.8 Å². The highest BCUT2D eigenvalue weighted by Gasteiger charge is 2.27. The van der Waals surface area contributed by atoms with E-state index in [4.69, 9.17) is 5.11 Å². The van der Waals surface area contributed by atoms with E-state index >= 15 is 0 Å². The average molecular weight is 224 g/mol. The Labute approximate surface area is 96.3 Å². The molecule has 0 atom stereocenters. The monoisotopic (exact) mass is 224 g/mol. The molecular formula is C12H20N2O2. The second-order valence-corrected chi connectivity index (χ2v) is 5.80. The molecule has 0 radical (unpaired) electrons. The second kappa shape index (κ2) is 3.92. The first-order valence-corrected chi connectivity index (χ1v) is 5.40. The third-order valence-corrected chi connectivity index (χ3v) is 2.64. The maximum absolute atomic E-state index is 10.8. The van der Waals surface area contributed by atoms with Crippen LogP contribution in [0.1, 0.15) is 46.6 Å². The van der Waals surface area contributed by atoms with Gasteiger partial charge in [0.1, 0.15) is 0 Å². The van der Waals surface area contributed by atoms with E-state index < -0.39 is 5.97 Å². The number of rotatable bonds is 3. The van der Waals surface area contributed by atoms with E-state index in [0.717, 1.165) is 5.56 Å². The van der Waals surface area contributed by atoms with Crippen molar-refractivity contribution in [3.05, 3.63) is 18.0 Å². The molecule has 0 aliphatic heterocycles. The number of aliphatic carboxylic acids is 1. The minimum atomic E-state index is -0.784. The fraction of sp³-hybridized carbons (Fsp3) is 0.667. The lowest BCUT2D eigenvalue weighted by Crippen LogP contribution is -2.23. The molecule has 90 valence electrons. The van der Waals surface area contributed by atoms with E-state index in [1.54, 1.807) is 6.20 Å². The Balaban J connectivity index is 2.97. The molecule has 1 aromatic heterocycles. The molecule has 0 saturated heterocycles. The summed E-state index contributed by atoms with van der Waals surface area (Å²) in [5.41, 5.74) is 0.511. The van der Waals surface area contributed by atoms with Gasteiger partial charge in [0.2, 0.25) is 0 Å². The molecule has 4 heteroatoms. The van der Waals surface area contributed by atoms with Crippen LogP contribution in [0.2, 0.25) is 0 Å². The summed E-state index contributed by atoms with van der Waals surface area (Å²) in [6.07, 6.45) is 3.81. The smallest absolute Gasteiger partial charge is 0.304 e. The molecule has 1 rings (SSSR count). The summed E-state index contributed by atoms with van der Waals surface area (Å²) in [6, 6.07) is 0. The van der Waals surface area contributed by atoms with Crippen molar-refractivity contribution in [2.75, 3.05) is 0 Å². The van der Waals surface area contributed by atoms with Crippen LogP contribution in [0.5, 0.6) is 0 Å². The van der Waals surface area contributed by atoms with Gasteiger partial charge in [0.25, 0.3) is 0 Å². The highest BCUT2D eigenvalue weighted by atomic mass is 16.4. The van der Waals surface area contributed by atoms with Crippen molar-refractivity contribution in [1.29, 1.82) is 0 Å². The van der Waals surface area contributed by atoms with Crippen molar-refractivity contribution in [2.24, 2.45) is 0 Å². The predicted octanol–water partition coefficient (Wildman–Crippen LogP) is 2.39. The van der Waals surface area contributed by atoms with E-state index in [2.05, 4.69) is 25.9 Å². The van der Waals surface area contributed by atoms with E-state index in [1.807, 2.05) is 24.7 Å². The number of nitrogens with zero attached hydrogens (tertiary/aromatic N) is 2. The maximum Gasteiger partial charge on any atom is 0.304 e. The summed E-state index contributed by atoms with van der Waals surface area (Å²) in [6.45, 7) is 10.0. The summed E-state index contributed by atoms with van der Waals surface area (Å²) < 4.78 is 1.87. The van der Waals surface area contributed by atoms with Crippen LogP contribution in [-0.4, -0.2) is 20.9 Å². The molecule has 16 heavy (non-hydrogen) atoms. The highest BCUT2D eigenvalue weighted by Crippen LogP contribution is 2.27. The quantitative estimate of drug-likeness (QED) is 0.857. The summed E-state index contributed by atoms with van der Waals surface area (Å²) in [4.78, 5) is 10.8. The lowest BCUT2D eigenvalue weighted by Gasteiger charge is -2.22. The van der Waals surface area contributed by atoms with Crippen molar-refractivity contribution in [2.45, 2.75) is 52.0 Å². The number of carboxylic acid groups (broad SMARTS) is 1. The first-order valence-electron chi connectivity index (χ1n) is 5.40. The van der Waals surface area contributed by atoms with Gasteiger partial charge in [0, 0.05) is 11.6 Å². The van der Waals surface area contributed by atoms with Gasteiger partial charge in [-0.2, -0.15) is 5.10 Å². The van der Waals surface area contributed by atoms with Crippen molar-refractivity contribution >= 4 is 5.97 Å². The number of hydrogen-bond donors (Lipinski definition) is 1. The first-order chi connectivity index (χ1) is 7.13. The van der Waals surface area contributed by atoms with Gasteiger partial charge < -0.3 is 5.11 Å². The summed E-state index contributed by atoms with van der Waals surface area (Å²) in [5, 5.41) is 13.1. The van der Waals surface area contributed by atoms with Crippen molar-refractivity contribution in [3.63, 3.8) is 0 Å². The van der Waals surface area contributed by atoms with Gasteiger partial charge in [0.05, 0.1) is 18.2 Å². The largest absolute Gasteiger partial charge is 0.481 e. The fourth-order valence-electron chi connectivity index (χ4n) is 1.52. The molecule has 0 unspecified atom stereocenters. The molecule has 1 N–H and O–H groups in total. The zero-order chi connectivity index (χ0) is 12.6. The van der Waals surface area contributed by atoms with Crippen LogP contribution in [0.15, 0.2) is 12.4 Å². The third-order valence-electron chi connectivity index (χ3n) is 2.64. The van der Waals surface area contributed by atoms with Crippen LogP contribution in [0, 0.1) is 0 Å². The van der Waals surface area contributed by atoms with Gasteiger partial charge in [0.15, 0.2) is 0 Å². The Morgan fingerprint density at radius 3 is 2.31 bits per heavy atom. The Bertz CT molecular complexity index is 386. The minimum absolute atomic E-state index is 0.0719. The normalized spacial score (nSPS) is 12.8. The number of carbonyl (C=O) groups is 1. The summed E-state index contributed by atoms with van der Waals surface area (Å²) >= 11 is 0. The van der Waals surface area contributed by atoms with Crippen molar-refractivity contribution in [3.8, 4) is 0 Å². The van der Waals surface area contributed by atoms with E-state index in [1.165, 1.54) is 0 Å². The van der Waals surface area contributed by atoms with Gasteiger partial charge in [-0.25, -0.2) is 0 Å². The SMILES string of the molecule is CC(C)(CC(=O)O)c1cnn(C(C)(C)C)c1. The van der Waals surface area contributed by atoms with Crippen LogP contribution >= 0.6 is 0 Å². The lowest BCUT2D eigenvalue weighted by molar-refractivity contribution is -0.138. The summed E-state index contributed by atoms with van der Waals surface area (Å²) in [7, 11) is 0. The zero-order valence-electron chi connectivity index (χ0n) is 10.6. The summed E-state index contributed by atoms with van der Waals surface area (Å²) in [5.74, 6) is -0.784. The molecule has 0 saturated carbocycles. The highest BCUT2D eigenvalue weighted by molar-refractivity contribution is 5.68. The molecule has 0 aromatic carbocycles. The maximum atomic E-state index is 10.8. The standard InChI is InChI=1S/C12H20N2O2/c1-11(2,3)14-8-9(7-13-14)12(4,5)6-10(15)16/h7-8H,6H2,1-5H3,(H,15,16). The Morgan fingerprint density at radius 1 is 1.38 bits per heavy atom. The van der Waals surface area contributed by atoms with Crippen LogP contribution in [0.3, 0.4) is 0 Å². The number of aromatic nitrogens is 2. The molecule has 0 fully saturated rings. The van der Waals surface area contributed by atoms with Crippen LogP contribution < -0.4 is 0 Å². The minimum Gasteiger partial charge on any atom is -0.481 e. The van der Waals surface area contributed by atoms with Crippen LogP contribution in [0.4, 0.5) is 0 Å². The van der Waals surface area contributed by atoms with Gasteiger partial charge in [-0.15, -0.1) is 0 Å². The lowest BCUT2D eigenvalue weighted by atomic mass is 9.83. The van der Waals surface area contributed by atoms with E-state index in [9.17, 15) is 4.79 Å². The fourth-order valence-corrected chi connectivity index (χ4v) is 1.52. The van der Waals surface area contributed by atoms with Gasteiger partial charge >= 0.3 is 5.97 Å². The Hall–Kier alpha value is -1.32. The molecule has 0 bridgehead atoms.